The summed E-state index contributed by atoms with van der Waals surface area (Å²) in [6.45, 7) is 3.36. The van der Waals surface area contributed by atoms with Crippen molar-refractivity contribution >= 4 is 23.3 Å². The summed E-state index contributed by atoms with van der Waals surface area (Å²) in [6.07, 6.45) is 2.02. The number of non-ortho nitro benzene ring substituents is 1. The first kappa shape index (κ1) is 19.4. The number of carbonyl (C=O) groups is 2. The van der Waals surface area contributed by atoms with Crippen LogP contribution in [0.5, 0.6) is 0 Å². The monoisotopic (exact) mass is 372 g/mol. The van der Waals surface area contributed by atoms with Gasteiger partial charge in [0.2, 0.25) is 0 Å². The SMILES string of the molecule is C/C(=N\NC(=O)/C=C/CC(=O)O)c1nnn(-c2ccc([N+](=O)[O-])cc2)c1C. The maximum atomic E-state index is 11.6. The fourth-order valence-electron chi connectivity index (χ4n) is 2.12. The number of benzene rings is 1. The number of nitrogens with zero attached hydrogens (tertiary/aromatic N) is 5. The lowest BCUT2D eigenvalue weighted by molar-refractivity contribution is -0.384. The first-order chi connectivity index (χ1) is 12.8. The molecule has 0 spiro atoms. The Labute approximate surface area is 153 Å². The molecule has 1 heterocycles. The largest absolute Gasteiger partial charge is 0.481 e. The Morgan fingerprint density at radius 3 is 2.63 bits per heavy atom. The zero-order valence-electron chi connectivity index (χ0n) is 14.5. The van der Waals surface area contributed by atoms with Crippen molar-refractivity contribution in [3.05, 3.63) is 57.9 Å². The summed E-state index contributed by atoms with van der Waals surface area (Å²) in [5.41, 5.74) is 4.27. The van der Waals surface area contributed by atoms with E-state index >= 15 is 0 Å². The number of hydrazone groups is 1. The predicted octanol–water partition coefficient (Wildman–Crippen LogP) is 1.36. The van der Waals surface area contributed by atoms with Crippen LogP contribution in [0.4, 0.5) is 5.69 Å². The van der Waals surface area contributed by atoms with Crippen molar-refractivity contribution in [2.24, 2.45) is 5.10 Å². The van der Waals surface area contributed by atoms with E-state index in [0.29, 0.717) is 22.8 Å². The first-order valence-electron chi connectivity index (χ1n) is 7.69. The zero-order valence-corrected chi connectivity index (χ0v) is 14.5. The molecule has 0 saturated heterocycles. The van der Waals surface area contributed by atoms with Crippen molar-refractivity contribution in [3.63, 3.8) is 0 Å². The van der Waals surface area contributed by atoms with E-state index in [9.17, 15) is 19.7 Å². The highest BCUT2D eigenvalue weighted by Crippen LogP contribution is 2.17. The van der Waals surface area contributed by atoms with Gasteiger partial charge in [0.15, 0.2) is 0 Å². The van der Waals surface area contributed by atoms with Gasteiger partial charge in [-0.05, 0) is 26.0 Å². The highest BCUT2D eigenvalue weighted by molar-refractivity contribution is 5.99. The Kier molecular flexibility index (Phi) is 6.10. The van der Waals surface area contributed by atoms with Gasteiger partial charge in [0.25, 0.3) is 11.6 Å². The van der Waals surface area contributed by atoms with Crippen LogP contribution in [0.1, 0.15) is 24.7 Å². The molecule has 2 N–H and O–H groups in total. The molecule has 0 aliphatic heterocycles. The summed E-state index contributed by atoms with van der Waals surface area (Å²) in [5.74, 6) is -1.62. The molecule has 0 atom stereocenters. The van der Waals surface area contributed by atoms with Gasteiger partial charge in [-0.1, -0.05) is 11.3 Å². The maximum absolute atomic E-state index is 11.6. The fraction of sp³-hybridized carbons (Fsp3) is 0.188. The topological polar surface area (TPSA) is 153 Å². The minimum absolute atomic E-state index is 0.0341. The molecular formula is C16H16N6O5. The zero-order chi connectivity index (χ0) is 20.0. The maximum Gasteiger partial charge on any atom is 0.307 e. The average Bonchev–Trinajstić information content (AvgIpc) is 3.01. The second-order valence-electron chi connectivity index (χ2n) is 5.38. The number of amides is 1. The normalized spacial score (nSPS) is 11.6. The van der Waals surface area contributed by atoms with Gasteiger partial charge in [-0.3, -0.25) is 19.7 Å². The number of nitro benzene ring substituents is 1. The third-order valence-electron chi connectivity index (χ3n) is 3.44. The summed E-state index contributed by atoms with van der Waals surface area (Å²) >= 11 is 0. The first-order valence-corrected chi connectivity index (χ1v) is 7.69. The van der Waals surface area contributed by atoms with Crippen LogP contribution in [0, 0.1) is 17.0 Å². The molecule has 1 amide bonds. The number of nitro groups is 1. The fourth-order valence-corrected chi connectivity index (χ4v) is 2.12. The van der Waals surface area contributed by atoms with Gasteiger partial charge in [0, 0.05) is 18.2 Å². The predicted molar refractivity (Wildman–Crippen MR) is 94.5 cm³/mol. The molecule has 0 aliphatic carbocycles. The highest BCUT2D eigenvalue weighted by Gasteiger charge is 2.14. The van der Waals surface area contributed by atoms with Crippen molar-refractivity contribution in [2.75, 3.05) is 0 Å². The van der Waals surface area contributed by atoms with Gasteiger partial charge < -0.3 is 5.11 Å². The summed E-state index contributed by atoms with van der Waals surface area (Å²) < 4.78 is 1.49. The molecular weight excluding hydrogens is 356 g/mol. The lowest BCUT2D eigenvalue weighted by Crippen LogP contribution is -2.17. The van der Waals surface area contributed by atoms with Gasteiger partial charge in [0.1, 0.15) is 5.69 Å². The van der Waals surface area contributed by atoms with E-state index in [2.05, 4.69) is 20.8 Å². The van der Waals surface area contributed by atoms with Gasteiger partial charge in [-0.15, -0.1) is 5.10 Å². The van der Waals surface area contributed by atoms with Crippen LogP contribution >= 0.6 is 0 Å². The number of aliphatic carboxylic acids is 1. The van der Waals surface area contributed by atoms with E-state index in [-0.39, 0.29) is 12.1 Å². The molecule has 0 fully saturated rings. The third-order valence-corrected chi connectivity index (χ3v) is 3.44. The van der Waals surface area contributed by atoms with Gasteiger partial charge in [0.05, 0.1) is 28.4 Å². The lowest BCUT2D eigenvalue weighted by atomic mass is 10.2. The van der Waals surface area contributed by atoms with E-state index in [1.165, 1.54) is 22.9 Å². The van der Waals surface area contributed by atoms with E-state index < -0.39 is 16.8 Å². The third kappa shape index (κ3) is 5.04. The van der Waals surface area contributed by atoms with Crippen LogP contribution in [-0.4, -0.2) is 42.6 Å². The highest BCUT2D eigenvalue weighted by atomic mass is 16.6. The molecule has 11 heteroatoms. The van der Waals surface area contributed by atoms with Crippen LogP contribution in [-0.2, 0) is 9.59 Å². The molecule has 11 nitrogen and oxygen atoms in total. The molecule has 2 rings (SSSR count). The second kappa shape index (κ2) is 8.47. The standard InChI is InChI=1S/C16H16N6O5/c1-10(17-18-14(23)4-3-5-15(24)25)16-11(2)21(20-19-16)12-6-8-13(9-7-12)22(26)27/h3-4,6-9H,5H2,1-2H3,(H,18,23)(H,24,25)/b4-3+,17-10+. The molecule has 0 unspecified atom stereocenters. The second-order valence-corrected chi connectivity index (χ2v) is 5.38. The molecule has 0 radical (unpaired) electrons. The molecule has 140 valence electrons. The molecule has 1 aromatic carbocycles. The van der Waals surface area contributed by atoms with E-state index in [1.807, 2.05) is 0 Å². The summed E-state index contributed by atoms with van der Waals surface area (Å²) in [5, 5.41) is 31.1. The van der Waals surface area contributed by atoms with Crippen molar-refractivity contribution in [3.8, 4) is 5.69 Å². The molecule has 0 saturated carbocycles. The Balaban J connectivity index is 2.13. The number of hydrogen-bond acceptors (Lipinski definition) is 7. The van der Waals surface area contributed by atoms with Gasteiger partial charge >= 0.3 is 5.97 Å². The summed E-state index contributed by atoms with van der Waals surface area (Å²) in [4.78, 5) is 32.2. The quantitative estimate of drug-likeness (QED) is 0.322. The summed E-state index contributed by atoms with van der Waals surface area (Å²) in [7, 11) is 0. The van der Waals surface area contributed by atoms with Crippen molar-refractivity contribution in [2.45, 2.75) is 20.3 Å². The van der Waals surface area contributed by atoms with Crippen molar-refractivity contribution in [1.82, 2.24) is 20.4 Å². The van der Waals surface area contributed by atoms with Crippen LogP contribution in [0.2, 0.25) is 0 Å². The van der Waals surface area contributed by atoms with Crippen molar-refractivity contribution < 1.29 is 19.6 Å². The van der Waals surface area contributed by atoms with Crippen molar-refractivity contribution in [1.29, 1.82) is 0 Å². The number of carboxylic acids is 1. The Bertz CT molecular complexity index is 929. The number of carboxylic acid groups (broad SMARTS) is 1. The lowest BCUT2D eigenvalue weighted by Gasteiger charge is -2.03. The van der Waals surface area contributed by atoms with E-state index in [4.69, 9.17) is 5.11 Å². The number of aromatic nitrogens is 3. The number of rotatable bonds is 7. The van der Waals surface area contributed by atoms with Crippen LogP contribution in [0.3, 0.4) is 0 Å². The van der Waals surface area contributed by atoms with Gasteiger partial charge in [-0.25, -0.2) is 10.1 Å². The minimum Gasteiger partial charge on any atom is -0.481 e. The Morgan fingerprint density at radius 1 is 1.37 bits per heavy atom. The van der Waals surface area contributed by atoms with Crippen LogP contribution in [0.15, 0.2) is 41.5 Å². The van der Waals surface area contributed by atoms with E-state index in [1.54, 1.807) is 26.0 Å². The average molecular weight is 372 g/mol. The minimum atomic E-state index is -1.04. The van der Waals surface area contributed by atoms with Crippen LogP contribution < -0.4 is 5.43 Å². The number of carbonyl (C=O) groups excluding carboxylic acids is 1. The Morgan fingerprint density at radius 2 is 2.04 bits per heavy atom. The number of nitrogens with one attached hydrogen (secondary N) is 1. The Hall–Kier alpha value is -3.89. The molecule has 2 aromatic rings. The molecule has 0 aliphatic rings. The smallest absolute Gasteiger partial charge is 0.307 e. The molecule has 1 aromatic heterocycles. The van der Waals surface area contributed by atoms with E-state index in [0.717, 1.165) is 6.08 Å². The van der Waals surface area contributed by atoms with Gasteiger partial charge in [-0.2, -0.15) is 5.10 Å². The number of hydrogen-bond donors (Lipinski definition) is 2. The molecule has 27 heavy (non-hydrogen) atoms. The van der Waals surface area contributed by atoms with Crippen LogP contribution in [0.25, 0.3) is 5.69 Å². The summed E-state index contributed by atoms with van der Waals surface area (Å²) in [6, 6.07) is 5.82. The molecule has 0 bridgehead atoms.